The average molecular weight is 453 g/mol. The molecule has 2 unspecified atom stereocenters. The van der Waals surface area contributed by atoms with Crippen LogP contribution in [-0.2, 0) is 0 Å². The molecule has 8 rings (SSSR count). The summed E-state index contributed by atoms with van der Waals surface area (Å²) < 4.78 is 2.12. The van der Waals surface area contributed by atoms with Gasteiger partial charge in [-0.2, -0.15) is 5.10 Å². The van der Waals surface area contributed by atoms with Gasteiger partial charge in [0.25, 0.3) is 0 Å². The molecule has 168 valence electrons. The highest BCUT2D eigenvalue weighted by Gasteiger charge is 2.43. The summed E-state index contributed by atoms with van der Waals surface area (Å²) in [6.45, 7) is 0. The van der Waals surface area contributed by atoms with Gasteiger partial charge >= 0.3 is 0 Å². The summed E-state index contributed by atoms with van der Waals surface area (Å²) in [6, 6.07) is 26.0. The van der Waals surface area contributed by atoms with Crippen molar-refractivity contribution in [3.8, 4) is 5.69 Å². The molecule has 2 aromatic heterocycles. The summed E-state index contributed by atoms with van der Waals surface area (Å²) in [5.41, 5.74) is 9.98. The molecule has 1 N–H and O–H groups in total. The van der Waals surface area contributed by atoms with E-state index >= 15 is 0 Å². The molecular formula is C31H24N4. The molecule has 0 amide bonds. The van der Waals surface area contributed by atoms with Crippen LogP contribution in [0.4, 0.5) is 5.69 Å². The highest BCUT2D eigenvalue weighted by atomic mass is 15.3. The molecule has 35 heavy (non-hydrogen) atoms. The van der Waals surface area contributed by atoms with Crippen LogP contribution in [0, 0.1) is 5.92 Å². The van der Waals surface area contributed by atoms with E-state index < -0.39 is 0 Å². The molecule has 0 bridgehead atoms. The maximum absolute atomic E-state index is 4.98. The number of aromatic nitrogens is 3. The van der Waals surface area contributed by atoms with Gasteiger partial charge in [-0.1, -0.05) is 60.7 Å². The zero-order valence-electron chi connectivity index (χ0n) is 19.2. The van der Waals surface area contributed by atoms with Gasteiger partial charge in [0.05, 0.1) is 29.1 Å². The van der Waals surface area contributed by atoms with Crippen molar-refractivity contribution in [1.29, 1.82) is 0 Å². The molecule has 4 nitrogen and oxygen atoms in total. The highest BCUT2D eigenvalue weighted by molar-refractivity contribution is 6.09. The first-order valence-corrected chi connectivity index (χ1v) is 12.4. The van der Waals surface area contributed by atoms with Crippen molar-refractivity contribution in [3.63, 3.8) is 0 Å². The van der Waals surface area contributed by atoms with Gasteiger partial charge in [-0.3, -0.25) is 0 Å². The Hall–Kier alpha value is -4.31. The van der Waals surface area contributed by atoms with E-state index in [4.69, 9.17) is 5.10 Å². The van der Waals surface area contributed by atoms with Crippen molar-refractivity contribution in [3.05, 3.63) is 120 Å². The molecule has 4 heteroatoms. The van der Waals surface area contributed by atoms with Crippen LogP contribution in [0.15, 0.2) is 108 Å². The second kappa shape index (κ2) is 7.09. The van der Waals surface area contributed by atoms with E-state index in [-0.39, 0.29) is 6.04 Å². The van der Waals surface area contributed by atoms with Crippen molar-refractivity contribution in [2.45, 2.75) is 18.9 Å². The lowest BCUT2D eigenvalue weighted by Crippen LogP contribution is -2.27. The van der Waals surface area contributed by atoms with E-state index in [0.717, 1.165) is 29.6 Å². The minimum absolute atomic E-state index is 0.223. The molecule has 2 aliphatic carbocycles. The first kappa shape index (κ1) is 19.0. The largest absolute Gasteiger partial charge is 0.353 e. The number of fused-ring (bicyclic) bond motifs is 7. The normalized spacial score (nSPS) is 20.5. The fourth-order valence-corrected chi connectivity index (χ4v) is 6.37. The number of aromatic amines is 1. The molecule has 2 atom stereocenters. The van der Waals surface area contributed by atoms with Crippen LogP contribution in [0.3, 0.4) is 0 Å². The third-order valence-corrected chi connectivity index (χ3v) is 7.86. The summed E-state index contributed by atoms with van der Waals surface area (Å²) in [4.78, 5) is 6.19. The monoisotopic (exact) mass is 452 g/mol. The van der Waals surface area contributed by atoms with Crippen LogP contribution in [0.1, 0.15) is 30.1 Å². The first-order chi connectivity index (χ1) is 17.4. The lowest BCUT2D eigenvalue weighted by Gasteiger charge is -2.33. The minimum atomic E-state index is 0.223. The number of hydrogen-bond donors (Lipinski definition) is 1. The van der Waals surface area contributed by atoms with Gasteiger partial charge in [-0.15, -0.1) is 0 Å². The van der Waals surface area contributed by atoms with Crippen LogP contribution in [0.5, 0.6) is 0 Å². The van der Waals surface area contributed by atoms with E-state index in [1.807, 2.05) is 0 Å². The van der Waals surface area contributed by atoms with Gasteiger partial charge in [0.15, 0.2) is 0 Å². The second-order valence-electron chi connectivity index (χ2n) is 9.65. The Bertz CT molecular complexity index is 1710. The number of hydrogen-bond acceptors (Lipinski definition) is 2. The number of anilines is 1. The fraction of sp³-hybridized carbons (Fsp3) is 0.129. The third-order valence-electron chi connectivity index (χ3n) is 7.86. The molecule has 5 aromatic rings. The summed E-state index contributed by atoms with van der Waals surface area (Å²) in [7, 11) is 0. The molecule has 3 aromatic carbocycles. The van der Waals surface area contributed by atoms with Gasteiger partial charge in [0.1, 0.15) is 0 Å². The van der Waals surface area contributed by atoms with Gasteiger partial charge in [0, 0.05) is 39.2 Å². The molecule has 0 fully saturated rings. The predicted molar refractivity (Wildman–Crippen MR) is 143 cm³/mol. The molecule has 1 aliphatic heterocycles. The summed E-state index contributed by atoms with van der Waals surface area (Å²) in [6.07, 6.45) is 13.7. The van der Waals surface area contributed by atoms with Crippen LogP contribution in [-0.4, -0.2) is 14.8 Å². The van der Waals surface area contributed by atoms with Crippen LogP contribution >= 0.6 is 0 Å². The standard InChI is InChI=1S/C31H24N4/c1-2-9-20(10-3-1)34-27-15-7-5-12-22(27)24-17-18-28-25(31(24)34)19-32-35(28)29-16-8-13-23-21-11-4-6-14-26(21)33-30(23)29/h1-4,6-11,13-19,24,31,33H,5,12H2. The van der Waals surface area contributed by atoms with E-state index in [1.165, 1.54) is 33.4 Å². The maximum atomic E-state index is 4.98. The topological polar surface area (TPSA) is 36.9 Å². The Morgan fingerprint density at radius 3 is 2.66 bits per heavy atom. The quantitative estimate of drug-likeness (QED) is 0.305. The Morgan fingerprint density at radius 2 is 1.71 bits per heavy atom. The van der Waals surface area contributed by atoms with E-state index in [9.17, 15) is 0 Å². The van der Waals surface area contributed by atoms with Crippen molar-refractivity contribution >= 4 is 33.6 Å². The summed E-state index contributed by atoms with van der Waals surface area (Å²) in [5.74, 6) is 0.379. The van der Waals surface area contributed by atoms with Crippen molar-refractivity contribution in [1.82, 2.24) is 14.8 Å². The van der Waals surface area contributed by atoms with Crippen LogP contribution in [0.25, 0.3) is 33.6 Å². The smallest absolute Gasteiger partial charge is 0.0893 e. The molecular weight excluding hydrogens is 428 g/mol. The molecule has 3 aliphatic rings. The summed E-state index contributed by atoms with van der Waals surface area (Å²) in [5, 5.41) is 7.45. The molecule has 0 spiro atoms. The highest BCUT2D eigenvalue weighted by Crippen LogP contribution is 2.53. The van der Waals surface area contributed by atoms with Gasteiger partial charge in [-0.25, -0.2) is 4.68 Å². The Morgan fingerprint density at radius 1 is 0.857 bits per heavy atom. The van der Waals surface area contributed by atoms with Gasteiger partial charge < -0.3 is 9.88 Å². The number of allylic oxidation sites excluding steroid dienone is 2. The van der Waals surface area contributed by atoms with E-state index in [0.29, 0.717) is 5.92 Å². The number of nitrogens with zero attached hydrogens (tertiary/aromatic N) is 3. The first-order valence-electron chi connectivity index (χ1n) is 12.4. The van der Waals surface area contributed by atoms with Gasteiger partial charge in [-0.05, 0) is 54.8 Å². The number of nitrogens with one attached hydrogen (secondary N) is 1. The number of para-hydroxylation sites is 3. The molecule has 3 heterocycles. The number of benzene rings is 3. The second-order valence-corrected chi connectivity index (χ2v) is 9.65. The summed E-state index contributed by atoms with van der Waals surface area (Å²) >= 11 is 0. The lowest BCUT2D eigenvalue weighted by atomic mass is 9.83. The number of rotatable bonds is 2. The van der Waals surface area contributed by atoms with Crippen molar-refractivity contribution in [2.75, 3.05) is 4.90 Å². The van der Waals surface area contributed by atoms with E-state index in [1.54, 1.807) is 5.57 Å². The predicted octanol–water partition coefficient (Wildman–Crippen LogP) is 7.32. The lowest BCUT2D eigenvalue weighted by molar-refractivity contribution is 0.595. The van der Waals surface area contributed by atoms with Crippen molar-refractivity contribution in [2.24, 2.45) is 5.92 Å². The Kier molecular flexibility index (Phi) is 3.86. The zero-order chi connectivity index (χ0) is 22.9. The molecule has 0 radical (unpaired) electrons. The van der Waals surface area contributed by atoms with Gasteiger partial charge in [0.2, 0.25) is 0 Å². The molecule has 0 saturated carbocycles. The maximum Gasteiger partial charge on any atom is 0.0893 e. The third kappa shape index (κ3) is 2.59. The number of H-pyrrole nitrogens is 1. The minimum Gasteiger partial charge on any atom is -0.353 e. The van der Waals surface area contributed by atoms with Crippen molar-refractivity contribution < 1.29 is 0 Å². The Labute approximate surface area is 203 Å². The average Bonchev–Trinajstić information content (AvgIpc) is 3.60. The molecule has 0 saturated heterocycles. The Balaban J connectivity index is 1.32. The SMILES string of the molecule is C1=CC2=C(CC1)C1C=Cc3c(cnn3-c3cccc4c3[nH]c3ccccc34)C1N2c1ccccc1. The van der Waals surface area contributed by atoms with Crippen LogP contribution in [0.2, 0.25) is 0 Å². The fourth-order valence-electron chi connectivity index (χ4n) is 6.37. The zero-order valence-corrected chi connectivity index (χ0v) is 19.2. The van der Waals surface area contributed by atoms with E-state index in [2.05, 4.69) is 118 Å². The van der Waals surface area contributed by atoms with Crippen LogP contribution < -0.4 is 4.90 Å².